The van der Waals surface area contributed by atoms with E-state index in [1.807, 2.05) is 13.8 Å². The number of nitrogens with one attached hydrogen (secondary N) is 1. The van der Waals surface area contributed by atoms with E-state index in [2.05, 4.69) is 11.4 Å². The van der Waals surface area contributed by atoms with E-state index in [1.54, 1.807) is 0 Å². The van der Waals surface area contributed by atoms with Crippen LogP contribution in [0.15, 0.2) is 6.07 Å². The van der Waals surface area contributed by atoms with Crippen LogP contribution >= 0.6 is 11.6 Å². The molecule has 1 aromatic carbocycles. The number of phenolic OH excluding ortho intramolecular Hbond substituents is 1. The van der Waals surface area contributed by atoms with Gasteiger partial charge in [-0.05, 0) is 62.4 Å². The number of aromatic hydroxyl groups is 1. The van der Waals surface area contributed by atoms with Gasteiger partial charge in [0.1, 0.15) is 5.75 Å². The Bertz CT molecular complexity index is 397. The summed E-state index contributed by atoms with van der Waals surface area (Å²) in [7, 11) is 0. The first kappa shape index (κ1) is 11.7. The number of rotatable bonds is 2. The molecule has 0 aliphatic carbocycles. The summed E-state index contributed by atoms with van der Waals surface area (Å²) in [5.74, 6) is 0.912. The lowest BCUT2D eigenvalue weighted by molar-refractivity contribution is 0.458. The summed E-state index contributed by atoms with van der Waals surface area (Å²) < 4.78 is 0. The molecule has 16 heavy (non-hydrogen) atoms. The van der Waals surface area contributed by atoms with E-state index in [0.717, 1.165) is 36.2 Å². The molecular formula is C13H18ClNO. The quantitative estimate of drug-likeness (QED) is 0.832. The number of halogens is 1. The molecule has 2 rings (SSSR count). The van der Waals surface area contributed by atoms with Crippen molar-refractivity contribution in [2.24, 2.45) is 5.92 Å². The lowest BCUT2D eigenvalue weighted by atomic mass is 9.93. The van der Waals surface area contributed by atoms with Crippen molar-refractivity contribution in [3.05, 3.63) is 27.8 Å². The Kier molecular flexibility index (Phi) is 3.41. The topological polar surface area (TPSA) is 32.3 Å². The average Bonchev–Trinajstić information content (AvgIpc) is 2.74. The van der Waals surface area contributed by atoms with E-state index in [-0.39, 0.29) is 5.75 Å². The van der Waals surface area contributed by atoms with Gasteiger partial charge in [-0.25, -0.2) is 0 Å². The maximum atomic E-state index is 10.1. The molecule has 1 unspecified atom stereocenters. The van der Waals surface area contributed by atoms with Crippen LogP contribution in [0.5, 0.6) is 5.75 Å². The van der Waals surface area contributed by atoms with Crippen molar-refractivity contribution in [1.29, 1.82) is 0 Å². The van der Waals surface area contributed by atoms with Crippen LogP contribution < -0.4 is 5.32 Å². The molecule has 1 saturated heterocycles. The number of hydrogen-bond acceptors (Lipinski definition) is 2. The van der Waals surface area contributed by atoms with Gasteiger partial charge in [0, 0.05) is 0 Å². The minimum atomic E-state index is 0.283. The first-order chi connectivity index (χ1) is 7.59. The molecule has 1 heterocycles. The highest BCUT2D eigenvalue weighted by molar-refractivity contribution is 6.32. The van der Waals surface area contributed by atoms with Gasteiger partial charge < -0.3 is 10.4 Å². The highest BCUT2D eigenvalue weighted by Crippen LogP contribution is 2.35. The van der Waals surface area contributed by atoms with E-state index in [4.69, 9.17) is 11.6 Å². The first-order valence-corrected chi connectivity index (χ1v) is 6.15. The number of aryl methyl sites for hydroxylation is 2. The smallest absolute Gasteiger partial charge is 0.137 e. The maximum absolute atomic E-state index is 10.1. The molecule has 0 bridgehead atoms. The van der Waals surface area contributed by atoms with Crippen molar-refractivity contribution in [1.82, 2.24) is 5.32 Å². The molecule has 0 aromatic heterocycles. The van der Waals surface area contributed by atoms with Gasteiger partial charge in [0.15, 0.2) is 0 Å². The van der Waals surface area contributed by atoms with Crippen molar-refractivity contribution in [3.8, 4) is 5.75 Å². The predicted octanol–water partition coefficient (Wildman–Crippen LogP) is 2.81. The summed E-state index contributed by atoms with van der Waals surface area (Å²) >= 11 is 6.07. The SMILES string of the molecule is Cc1cc(C)c(CC2CCNC2)c(O)c1Cl. The van der Waals surface area contributed by atoms with E-state index in [1.165, 1.54) is 6.42 Å². The minimum absolute atomic E-state index is 0.283. The summed E-state index contributed by atoms with van der Waals surface area (Å²) in [6.45, 7) is 6.10. The summed E-state index contributed by atoms with van der Waals surface area (Å²) in [5.41, 5.74) is 3.11. The normalized spacial score (nSPS) is 20.3. The van der Waals surface area contributed by atoms with Gasteiger partial charge in [-0.1, -0.05) is 17.7 Å². The molecule has 0 amide bonds. The number of benzene rings is 1. The van der Waals surface area contributed by atoms with Gasteiger partial charge in [-0.3, -0.25) is 0 Å². The van der Waals surface area contributed by atoms with Crippen molar-refractivity contribution in [2.45, 2.75) is 26.7 Å². The lowest BCUT2D eigenvalue weighted by Crippen LogP contribution is -2.11. The monoisotopic (exact) mass is 239 g/mol. The van der Waals surface area contributed by atoms with Crippen LogP contribution in [0.2, 0.25) is 5.02 Å². The second-order valence-electron chi connectivity index (χ2n) is 4.71. The first-order valence-electron chi connectivity index (χ1n) is 5.78. The van der Waals surface area contributed by atoms with E-state index >= 15 is 0 Å². The Labute approximate surface area is 102 Å². The second-order valence-corrected chi connectivity index (χ2v) is 5.09. The summed E-state index contributed by atoms with van der Waals surface area (Å²) in [6, 6.07) is 2.06. The van der Waals surface area contributed by atoms with Gasteiger partial charge in [0.05, 0.1) is 5.02 Å². The van der Waals surface area contributed by atoms with Crippen LogP contribution in [-0.4, -0.2) is 18.2 Å². The van der Waals surface area contributed by atoms with Crippen LogP contribution in [0.3, 0.4) is 0 Å². The van der Waals surface area contributed by atoms with Crippen LogP contribution in [0, 0.1) is 19.8 Å². The Hall–Kier alpha value is -0.730. The molecule has 2 N–H and O–H groups in total. The third-order valence-electron chi connectivity index (χ3n) is 3.40. The van der Waals surface area contributed by atoms with Crippen molar-refractivity contribution in [2.75, 3.05) is 13.1 Å². The Morgan fingerprint density at radius 1 is 1.44 bits per heavy atom. The number of phenols is 1. The summed E-state index contributed by atoms with van der Waals surface area (Å²) in [5, 5.41) is 13.9. The van der Waals surface area contributed by atoms with Crippen molar-refractivity contribution < 1.29 is 5.11 Å². The minimum Gasteiger partial charge on any atom is -0.506 e. The lowest BCUT2D eigenvalue weighted by Gasteiger charge is -2.15. The fourth-order valence-electron chi connectivity index (χ4n) is 2.42. The van der Waals surface area contributed by atoms with E-state index in [0.29, 0.717) is 10.9 Å². The van der Waals surface area contributed by atoms with Crippen LogP contribution in [0.1, 0.15) is 23.1 Å². The molecule has 1 atom stereocenters. The zero-order valence-corrected chi connectivity index (χ0v) is 10.6. The molecule has 1 aliphatic heterocycles. The maximum Gasteiger partial charge on any atom is 0.137 e. The highest BCUT2D eigenvalue weighted by atomic mass is 35.5. The molecule has 3 heteroatoms. The van der Waals surface area contributed by atoms with Gasteiger partial charge in [0.25, 0.3) is 0 Å². The van der Waals surface area contributed by atoms with Crippen LogP contribution in [0.4, 0.5) is 0 Å². The third kappa shape index (κ3) is 2.18. The molecule has 0 saturated carbocycles. The van der Waals surface area contributed by atoms with Gasteiger partial charge in [0.2, 0.25) is 0 Å². The molecule has 88 valence electrons. The predicted molar refractivity (Wildman–Crippen MR) is 67.3 cm³/mol. The van der Waals surface area contributed by atoms with Crippen LogP contribution in [0.25, 0.3) is 0 Å². The zero-order valence-electron chi connectivity index (χ0n) is 9.81. The molecule has 1 aromatic rings. The van der Waals surface area contributed by atoms with Gasteiger partial charge in [-0.2, -0.15) is 0 Å². The van der Waals surface area contributed by atoms with Gasteiger partial charge >= 0.3 is 0 Å². The van der Waals surface area contributed by atoms with E-state index in [9.17, 15) is 5.11 Å². The molecule has 0 spiro atoms. The standard InChI is InChI=1S/C13H18ClNO/c1-8-5-9(2)12(14)13(16)11(8)6-10-3-4-15-7-10/h5,10,15-16H,3-4,6-7H2,1-2H3. The Balaban J connectivity index is 2.28. The Morgan fingerprint density at radius 3 is 2.81 bits per heavy atom. The van der Waals surface area contributed by atoms with Crippen molar-refractivity contribution >= 4 is 11.6 Å². The van der Waals surface area contributed by atoms with Crippen LogP contribution in [-0.2, 0) is 6.42 Å². The van der Waals surface area contributed by atoms with E-state index < -0.39 is 0 Å². The molecular weight excluding hydrogens is 222 g/mol. The summed E-state index contributed by atoms with van der Waals surface area (Å²) in [6.07, 6.45) is 2.11. The van der Waals surface area contributed by atoms with Gasteiger partial charge in [-0.15, -0.1) is 0 Å². The largest absolute Gasteiger partial charge is 0.506 e. The van der Waals surface area contributed by atoms with Crippen molar-refractivity contribution in [3.63, 3.8) is 0 Å². The fraction of sp³-hybridized carbons (Fsp3) is 0.538. The molecule has 1 aliphatic rings. The highest BCUT2D eigenvalue weighted by Gasteiger charge is 2.19. The summed E-state index contributed by atoms with van der Waals surface area (Å²) in [4.78, 5) is 0. The average molecular weight is 240 g/mol. The second kappa shape index (κ2) is 4.64. The Morgan fingerprint density at radius 2 is 2.19 bits per heavy atom. The fourth-order valence-corrected chi connectivity index (χ4v) is 2.58. The molecule has 2 nitrogen and oxygen atoms in total. The number of hydrogen-bond donors (Lipinski definition) is 2. The molecule has 1 fully saturated rings. The zero-order chi connectivity index (χ0) is 11.7. The third-order valence-corrected chi connectivity index (χ3v) is 3.88. The molecule has 0 radical (unpaired) electrons.